The molecule has 0 fully saturated rings. The van der Waals surface area contributed by atoms with Crippen molar-refractivity contribution in [1.29, 1.82) is 0 Å². The van der Waals surface area contributed by atoms with Crippen molar-refractivity contribution in [3.05, 3.63) is 41.0 Å². The average Bonchev–Trinajstić information content (AvgIpc) is 2.93. The highest BCUT2D eigenvalue weighted by Crippen LogP contribution is 2.32. The number of hydrogen-bond donors (Lipinski definition) is 1. The predicted molar refractivity (Wildman–Crippen MR) is 75.4 cm³/mol. The second-order valence-electron chi connectivity index (χ2n) is 4.12. The third kappa shape index (κ3) is 2.65. The first-order valence-corrected chi connectivity index (χ1v) is 6.30. The summed E-state index contributed by atoms with van der Waals surface area (Å²) in [6, 6.07) is 9.00. The van der Waals surface area contributed by atoms with Gasteiger partial charge in [0.25, 0.3) is 0 Å². The molecule has 1 aliphatic rings. The molecule has 3 rings (SSSR count). The summed E-state index contributed by atoms with van der Waals surface area (Å²) in [4.78, 5) is 0. The van der Waals surface area contributed by atoms with Crippen LogP contribution in [0.1, 0.15) is 12.5 Å². The highest BCUT2D eigenvalue weighted by atomic mass is 35.5. The number of fused-ring (bicyclic) bond motifs is 1. The molecule has 0 aliphatic carbocycles. The van der Waals surface area contributed by atoms with Crippen LogP contribution in [-0.4, -0.2) is 22.7 Å². The number of benzene rings is 1. The van der Waals surface area contributed by atoms with Gasteiger partial charge in [0.05, 0.1) is 5.71 Å². The summed E-state index contributed by atoms with van der Waals surface area (Å²) >= 11 is 5.66. The molecule has 0 saturated heterocycles. The Morgan fingerprint density at radius 3 is 2.85 bits per heavy atom. The van der Waals surface area contributed by atoms with Crippen LogP contribution >= 0.6 is 11.6 Å². The maximum absolute atomic E-state index is 5.66. The number of ether oxygens (including phenoxy) is 2. The van der Waals surface area contributed by atoms with E-state index in [1.165, 1.54) is 0 Å². The van der Waals surface area contributed by atoms with Crippen molar-refractivity contribution in [3.8, 4) is 11.5 Å². The molecule has 102 valence electrons. The molecule has 6 nitrogen and oxygen atoms in total. The first-order valence-electron chi connectivity index (χ1n) is 5.92. The van der Waals surface area contributed by atoms with Gasteiger partial charge in [0.1, 0.15) is 0 Å². The summed E-state index contributed by atoms with van der Waals surface area (Å²) < 4.78 is 10.6. The van der Waals surface area contributed by atoms with Gasteiger partial charge in [-0.1, -0.05) is 11.6 Å². The lowest BCUT2D eigenvalue weighted by Gasteiger charge is -2.04. The Balaban J connectivity index is 1.76. The number of nitrogens with zero attached hydrogens (tertiary/aromatic N) is 3. The Kier molecular flexibility index (Phi) is 3.39. The molecule has 20 heavy (non-hydrogen) atoms. The molecule has 1 aromatic heterocycles. The number of hydrazone groups is 1. The van der Waals surface area contributed by atoms with Gasteiger partial charge in [0.2, 0.25) is 6.79 Å². The normalized spacial score (nSPS) is 13.4. The fraction of sp³-hybridized carbons (Fsp3) is 0.154. The lowest BCUT2D eigenvalue weighted by atomic mass is 10.1. The van der Waals surface area contributed by atoms with Gasteiger partial charge < -0.3 is 9.47 Å². The number of nitrogens with one attached hydrogen (secondary N) is 1. The molecule has 0 radical (unpaired) electrons. The molecule has 0 saturated carbocycles. The Hall–Kier alpha value is -2.34. The zero-order chi connectivity index (χ0) is 13.9. The van der Waals surface area contributed by atoms with Crippen molar-refractivity contribution < 1.29 is 9.47 Å². The number of halogens is 1. The van der Waals surface area contributed by atoms with E-state index >= 15 is 0 Å². The van der Waals surface area contributed by atoms with E-state index in [-0.39, 0.29) is 6.79 Å². The van der Waals surface area contributed by atoms with Crippen LogP contribution in [0.25, 0.3) is 0 Å². The highest BCUT2D eigenvalue weighted by Gasteiger charge is 2.13. The van der Waals surface area contributed by atoms with Gasteiger partial charge in [0, 0.05) is 5.56 Å². The van der Waals surface area contributed by atoms with E-state index in [2.05, 4.69) is 20.7 Å². The lowest BCUT2D eigenvalue weighted by Crippen LogP contribution is -2.01. The van der Waals surface area contributed by atoms with E-state index in [0.29, 0.717) is 11.0 Å². The summed E-state index contributed by atoms with van der Waals surface area (Å²) in [7, 11) is 0. The Bertz CT molecular complexity index is 658. The minimum atomic E-state index is 0.258. The molecule has 0 bridgehead atoms. The number of anilines is 1. The van der Waals surface area contributed by atoms with Gasteiger partial charge >= 0.3 is 0 Å². The number of rotatable bonds is 3. The van der Waals surface area contributed by atoms with Crippen LogP contribution in [0, 0.1) is 0 Å². The van der Waals surface area contributed by atoms with Gasteiger partial charge in [-0.3, -0.25) is 5.43 Å². The predicted octanol–water partition coefficient (Wildman–Crippen LogP) is 2.69. The van der Waals surface area contributed by atoms with Crippen LogP contribution < -0.4 is 14.9 Å². The number of aromatic nitrogens is 2. The van der Waals surface area contributed by atoms with Gasteiger partial charge in [-0.05, 0) is 37.3 Å². The summed E-state index contributed by atoms with van der Waals surface area (Å²) in [5, 5.41) is 12.2. The maximum atomic E-state index is 5.66. The summed E-state index contributed by atoms with van der Waals surface area (Å²) in [5.41, 5.74) is 4.55. The minimum absolute atomic E-state index is 0.258. The largest absolute Gasteiger partial charge is 0.454 e. The Morgan fingerprint density at radius 1 is 1.20 bits per heavy atom. The maximum Gasteiger partial charge on any atom is 0.231 e. The van der Waals surface area contributed by atoms with Crippen LogP contribution in [0.2, 0.25) is 5.15 Å². The fourth-order valence-electron chi connectivity index (χ4n) is 1.70. The lowest BCUT2D eigenvalue weighted by molar-refractivity contribution is 0.174. The molecule has 7 heteroatoms. The van der Waals surface area contributed by atoms with Crippen LogP contribution in [0.3, 0.4) is 0 Å². The topological polar surface area (TPSA) is 68.6 Å². The van der Waals surface area contributed by atoms with E-state index in [1.807, 2.05) is 25.1 Å². The van der Waals surface area contributed by atoms with Crippen LogP contribution in [0.5, 0.6) is 11.5 Å². The molecule has 0 amide bonds. The van der Waals surface area contributed by atoms with Crippen LogP contribution in [0.15, 0.2) is 35.4 Å². The molecule has 2 heterocycles. The zero-order valence-electron chi connectivity index (χ0n) is 10.6. The van der Waals surface area contributed by atoms with Crippen molar-refractivity contribution >= 4 is 23.1 Å². The van der Waals surface area contributed by atoms with Crippen molar-refractivity contribution in [1.82, 2.24) is 10.2 Å². The van der Waals surface area contributed by atoms with Gasteiger partial charge in [-0.15, -0.1) is 10.2 Å². The molecule has 1 N–H and O–H groups in total. The summed E-state index contributed by atoms with van der Waals surface area (Å²) in [6.45, 7) is 2.14. The van der Waals surface area contributed by atoms with Gasteiger partial charge in [-0.25, -0.2) is 0 Å². The Morgan fingerprint density at radius 2 is 2.05 bits per heavy atom. The number of hydrogen-bond acceptors (Lipinski definition) is 6. The van der Waals surface area contributed by atoms with Crippen molar-refractivity contribution in [3.63, 3.8) is 0 Å². The molecule has 1 aliphatic heterocycles. The van der Waals surface area contributed by atoms with E-state index in [1.54, 1.807) is 12.1 Å². The van der Waals surface area contributed by atoms with Crippen LogP contribution in [0.4, 0.5) is 5.82 Å². The summed E-state index contributed by atoms with van der Waals surface area (Å²) in [5.74, 6) is 2.00. The molecule has 0 atom stereocenters. The van der Waals surface area contributed by atoms with E-state index in [0.717, 1.165) is 22.8 Å². The first kappa shape index (κ1) is 12.7. The first-order chi connectivity index (χ1) is 9.72. The van der Waals surface area contributed by atoms with Gasteiger partial charge in [-0.2, -0.15) is 5.10 Å². The monoisotopic (exact) mass is 290 g/mol. The average molecular weight is 291 g/mol. The molecule has 1 aromatic carbocycles. The standard InChI is InChI=1S/C13H11ClN4O2/c1-8(15-17-13-5-4-12(14)16-18-13)9-2-3-10-11(6-9)20-7-19-10/h2-6H,7H2,1H3,(H,17,18)/b15-8-. The fourth-order valence-corrected chi connectivity index (χ4v) is 1.80. The second-order valence-corrected chi connectivity index (χ2v) is 4.51. The zero-order valence-corrected chi connectivity index (χ0v) is 11.4. The van der Waals surface area contributed by atoms with Crippen molar-refractivity contribution in [2.45, 2.75) is 6.92 Å². The summed E-state index contributed by atoms with van der Waals surface area (Å²) in [6.07, 6.45) is 0. The third-order valence-electron chi connectivity index (χ3n) is 2.76. The quantitative estimate of drug-likeness (QED) is 0.695. The SMILES string of the molecule is C/C(=N/Nc1ccc(Cl)nn1)c1ccc2c(c1)OCO2. The molecule has 2 aromatic rings. The Labute approximate surface area is 120 Å². The molecule has 0 unspecified atom stereocenters. The third-order valence-corrected chi connectivity index (χ3v) is 2.96. The molecular weight excluding hydrogens is 280 g/mol. The van der Waals surface area contributed by atoms with E-state index < -0.39 is 0 Å². The van der Waals surface area contributed by atoms with Crippen LogP contribution in [-0.2, 0) is 0 Å². The van der Waals surface area contributed by atoms with E-state index in [9.17, 15) is 0 Å². The molecular formula is C13H11ClN4O2. The van der Waals surface area contributed by atoms with Crippen molar-refractivity contribution in [2.75, 3.05) is 12.2 Å². The second kappa shape index (κ2) is 5.34. The van der Waals surface area contributed by atoms with Crippen molar-refractivity contribution in [2.24, 2.45) is 5.10 Å². The highest BCUT2D eigenvalue weighted by molar-refractivity contribution is 6.29. The smallest absolute Gasteiger partial charge is 0.231 e. The van der Waals surface area contributed by atoms with E-state index in [4.69, 9.17) is 21.1 Å². The minimum Gasteiger partial charge on any atom is -0.454 e. The molecule has 0 spiro atoms. The van der Waals surface area contributed by atoms with Gasteiger partial charge in [0.15, 0.2) is 22.5 Å².